The van der Waals surface area contributed by atoms with Crippen LogP contribution in [0.3, 0.4) is 0 Å². The molecule has 1 fully saturated rings. The molecule has 2 unspecified atom stereocenters. The Kier molecular flexibility index (Phi) is 4.64. The minimum Gasteiger partial charge on any atom is -0.478 e. The van der Waals surface area contributed by atoms with Crippen LogP contribution in [0.2, 0.25) is 0 Å². The third kappa shape index (κ3) is 3.25. The number of hydrogen-bond donors (Lipinski definition) is 1. The normalized spacial score (nSPS) is 19.9. The lowest BCUT2D eigenvalue weighted by Gasteiger charge is -2.15. The zero-order chi connectivity index (χ0) is 19.0. The number of anilines is 1. The lowest BCUT2D eigenvalue weighted by molar-refractivity contribution is -0.122. The Labute approximate surface area is 152 Å². The van der Waals surface area contributed by atoms with Crippen molar-refractivity contribution in [2.24, 2.45) is 11.8 Å². The van der Waals surface area contributed by atoms with E-state index in [-0.39, 0.29) is 17.4 Å². The smallest absolute Gasteiger partial charge is 0.335 e. The standard InChI is InChI=1S/C21H21NO4/c1-12-8-13(2)10-15(9-12)11-18-14(3)19(23)22(20(18)24)17-6-4-16(5-7-17)21(25)26/h4-10,14,18H,11H2,1-3H3,(H,25,26). The summed E-state index contributed by atoms with van der Waals surface area (Å²) in [5.74, 6) is -2.35. The molecule has 1 N–H and O–H groups in total. The monoisotopic (exact) mass is 351 g/mol. The van der Waals surface area contributed by atoms with Gasteiger partial charge in [0.1, 0.15) is 0 Å². The summed E-state index contributed by atoms with van der Waals surface area (Å²) in [4.78, 5) is 37.7. The number of carboxylic acids is 1. The molecule has 0 radical (unpaired) electrons. The highest BCUT2D eigenvalue weighted by atomic mass is 16.4. The molecule has 26 heavy (non-hydrogen) atoms. The van der Waals surface area contributed by atoms with E-state index in [4.69, 9.17) is 5.11 Å². The fraction of sp³-hybridized carbons (Fsp3) is 0.286. The molecule has 1 saturated heterocycles. The SMILES string of the molecule is Cc1cc(C)cc(CC2C(=O)N(c3ccc(C(=O)O)cc3)C(=O)C2C)c1. The van der Waals surface area contributed by atoms with Crippen molar-refractivity contribution in [3.8, 4) is 0 Å². The number of carbonyl (C=O) groups excluding carboxylic acids is 2. The molecule has 2 atom stereocenters. The lowest BCUT2D eigenvalue weighted by Crippen LogP contribution is -2.31. The maximum atomic E-state index is 12.9. The Bertz CT molecular complexity index is 865. The first kappa shape index (κ1) is 17.9. The maximum Gasteiger partial charge on any atom is 0.335 e. The molecule has 5 heteroatoms. The van der Waals surface area contributed by atoms with Gasteiger partial charge >= 0.3 is 5.97 Å². The van der Waals surface area contributed by atoms with Crippen LogP contribution in [0, 0.1) is 25.7 Å². The maximum absolute atomic E-state index is 12.9. The summed E-state index contributed by atoms with van der Waals surface area (Å²) in [6.45, 7) is 5.80. The van der Waals surface area contributed by atoms with Gasteiger partial charge in [-0.05, 0) is 50.1 Å². The van der Waals surface area contributed by atoms with E-state index in [0.29, 0.717) is 12.1 Å². The Morgan fingerprint density at radius 3 is 2.12 bits per heavy atom. The Morgan fingerprint density at radius 1 is 1.00 bits per heavy atom. The fourth-order valence-corrected chi connectivity index (χ4v) is 3.58. The summed E-state index contributed by atoms with van der Waals surface area (Å²) < 4.78 is 0. The molecule has 0 bridgehead atoms. The number of rotatable bonds is 4. The van der Waals surface area contributed by atoms with Crippen molar-refractivity contribution < 1.29 is 19.5 Å². The molecule has 2 amide bonds. The second-order valence-electron chi connectivity index (χ2n) is 6.96. The van der Waals surface area contributed by atoms with Crippen LogP contribution in [0.25, 0.3) is 0 Å². The predicted molar refractivity (Wildman–Crippen MR) is 98.2 cm³/mol. The van der Waals surface area contributed by atoms with Gasteiger partial charge in [-0.15, -0.1) is 0 Å². The second-order valence-corrected chi connectivity index (χ2v) is 6.96. The summed E-state index contributed by atoms with van der Waals surface area (Å²) in [5, 5.41) is 8.99. The first-order valence-corrected chi connectivity index (χ1v) is 8.56. The number of carboxylic acid groups (broad SMARTS) is 1. The lowest BCUT2D eigenvalue weighted by atomic mass is 9.89. The molecule has 0 aliphatic carbocycles. The zero-order valence-electron chi connectivity index (χ0n) is 15.0. The Morgan fingerprint density at radius 2 is 1.58 bits per heavy atom. The highest BCUT2D eigenvalue weighted by Crippen LogP contribution is 2.33. The molecule has 3 rings (SSSR count). The minimum absolute atomic E-state index is 0.118. The van der Waals surface area contributed by atoms with Crippen LogP contribution in [-0.4, -0.2) is 22.9 Å². The van der Waals surface area contributed by atoms with Crippen molar-refractivity contribution in [1.82, 2.24) is 0 Å². The fourth-order valence-electron chi connectivity index (χ4n) is 3.58. The molecule has 2 aromatic carbocycles. The predicted octanol–water partition coefficient (Wildman–Crippen LogP) is 3.37. The number of benzene rings is 2. The van der Waals surface area contributed by atoms with E-state index in [1.807, 2.05) is 26.0 Å². The van der Waals surface area contributed by atoms with Crippen molar-refractivity contribution in [1.29, 1.82) is 0 Å². The van der Waals surface area contributed by atoms with E-state index >= 15 is 0 Å². The largest absolute Gasteiger partial charge is 0.478 e. The summed E-state index contributed by atoms with van der Waals surface area (Å²) in [7, 11) is 0. The van der Waals surface area contributed by atoms with Gasteiger partial charge in [-0.2, -0.15) is 0 Å². The molecule has 2 aromatic rings. The second kappa shape index (κ2) is 6.75. The molecule has 134 valence electrons. The minimum atomic E-state index is -1.04. The Hall–Kier alpha value is -2.95. The van der Waals surface area contributed by atoms with Gasteiger partial charge in [0.15, 0.2) is 0 Å². The summed E-state index contributed by atoms with van der Waals surface area (Å²) >= 11 is 0. The molecule has 1 aliphatic rings. The van der Waals surface area contributed by atoms with Gasteiger partial charge in [0.25, 0.3) is 0 Å². The van der Waals surface area contributed by atoms with Crippen LogP contribution >= 0.6 is 0 Å². The summed E-state index contributed by atoms with van der Waals surface area (Å²) in [6.07, 6.45) is 0.512. The van der Waals surface area contributed by atoms with Gasteiger partial charge in [-0.1, -0.05) is 36.2 Å². The van der Waals surface area contributed by atoms with Crippen molar-refractivity contribution in [3.63, 3.8) is 0 Å². The van der Waals surface area contributed by atoms with Gasteiger partial charge < -0.3 is 5.11 Å². The van der Waals surface area contributed by atoms with E-state index in [0.717, 1.165) is 16.7 Å². The van der Waals surface area contributed by atoms with Crippen molar-refractivity contribution in [2.45, 2.75) is 27.2 Å². The summed E-state index contributed by atoms with van der Waals surface area (Å²) in [6, 6.07) is 12.0. The van der Waals surface area contributed by atoms with Gasteiger partial charge in [0.2, 0.25) is 11.8 Å². The average molecular weight is 351 g/mol. The molecule has 0 spiro atoms. The molecule has 1 heterocycles. The zero-order valence-corrected chi connectivity index (χ0v) is 15.0. The van der Waals surface area contributed by atoms with Gasteiger partial charge in [-0.3, -0.25) is 14.5 Å². The van der Waals surface area contributed by atoms with E-state index < -0.39 is 17.8 Å². The van der Waals surface area contributed by atoms with Crippen LogP contribution in [0.1, 0.15) is 34.0 Å². The van der Waals surface area contributed by atoms with Crippen LogP contribution in [-0.2, 0) is 16.0 Å². The molecular formula is C21H21NO4. The van der Waals surface area contributed by atoms with Crippen molar-refractivity contribution in [2.75, 3.05) is 4.90 Å². The number of aryl methyl sites for hydroxylation is 2. The van der Waals surface area contributed by atoms with E-state index in [1.165, 1.54) is 29.2 Å². The molecule has 0 saturated carbocycles. The highest BCUT2D eigenvalue weighted by Gasteiger charge is 2.45. The van der Waals surface area contributed by atoms with Crippen molar-refractivity contribution in [3.05, 3.63) is 64.7 Å². The number of nitrogens with zero attached hydrogens (tertiary/aromatic N) is 1. The topological polar surface area (TPSA) is 74.7 Å². The first-order valence-electron chi connectivity index (χ1n) is 8.56. The number of aromatic carboxylic acids is 1. The average Bonchev–Trinajstić information content (AvgIpc) is 2.78. The number of carbonyl (C=O) groups is 3. The molecule has 0 aromatic heterocycles. The van der Waals surface area contributed by atoms with Gasteiger partial charge in [0, 0.05) is 5.92 Å². The van der Waals surface area contributed by atoms with Crippen LogP contribution in [0.4, 0.5) is 5.69 Å². The van der Waals surface area contributed by atoms with Gasteiger partial charge in [-0.25, -0.2) is 4.79 Å². The van der Waals surface area contributed by atoms with Gasteiger partial charge in [0.05, 0.1) is 17.2 Å². The van der Waals surface area contributed by atoms with Crippen LogP contribution < -0.4 is 4.90 Å². The number of amides is 2. The summed E-state index contributed by atoms with van der Waals surface area (Å²) in [5.41, 5.74) is 3.84. The van der Waals surface area contributed by atoms with Crippen LogP contribution in [0.5, 0.6) is 0 Å². The molecular weight excluding hydrogens is 330 g/mol. The third-order valence-corrected chi connectivity index (χ3v) is 4.86. The Balaban J connectivity index is 1.87. The van der Waals surface area contributed by atoms with E-state index in [1.54, 1.807) is 6.92 Å². The van der Waals surface area contributed by atoms with Crippen LogP contribution in [0.15, 0.2) is 42.5 Å². The number of imide groups is 1. The first-order chi connectivity index (χ1) is 12.3. The van der Waals surface area contributed by atoms with Crippen molar-refractivity contribution >= 4 is 23.5 Å². The van der Waals surface area contributed by atoms with E-state index in [2.05, 4.69) is 6.07 Å². The quantitative estimate of drug-likeness (QED) is 0.857. The molecule has 1 aliphatic heterocycles. The third-order valence-electron chi connectivity index (χ3n) is 4.86. The highest BCUT2D eigenvalue weighted by molar-refractivity contribution is 6.22. The number of hydrogen-bond acceptors (Lipinski definition) is 3. The van der Waals surface area contributed by atoms with E-state index in [9.17, 15) is 14.4 Å². The molecule has 5 nitrogen and oxygen atoms in total.